The van der Waals surface area contributed by atoms with Crippen LogP contribution in [0.15, 0.2) is 35.1 Å². The first-order valence-electron chi connectivity index (χ1n) is 4.44. The second kappa shape index (κ2) is 3.91. The van der Waals surface area contributed by atoms with Crippen LogP contribution in [0.5, 0.6) is 0 Å². The summed E-state index contributed by atoms with van der Waals surface area (Å²) in [6.07, 6.45) is 3.16. The Morgan fingerprint density at radius 3 is 3.07 bits per heavy atom. The summed E-state index contributed by atoms with van der Waals surface area (Å²) in [5, 5.41) is 11.8. The summed E-state index contributed by atoms with van der Waals surface area (Å²) in [4.78, 5) is 13.7. The van der Waals surface area contributed by atoms with Crippen molar-refractivity contribution in [2.45, 2.75) is 6.54 Å². The van der Waals surface area contributed by atoms with Gasteiger partial charge in [0.05, 0.1) is 6.26 Å². The van der Waals surface area contributed by atoms with Gasteiger partial charge < -0.3 is 19.8 Å². The van der Waals surface area contributed by atoms with Crippen LogP contribution in [0.1, 0.15) is 16.1 Å². The largest absolute Gasteiger partial charge is 0.475 e. The van der Waals surface area contributed by atoms with Crippen molar-refractivity contribution in [2.75, 3.05) is 5.32 Å². The van der Waals surface area contributed by atoms with Crippen molar-refractivity contribution < 1.29 is 14.3 Å². The number of aromatic nitrogens is 1. The van der Waals surface area contributed by atoms with Gasteiger partial charge in [0.2, 0.25) is 5.76 Å². The Morgan fingerprint density at radius 2 is 2.40 bits per heavy atom. The fourth-order valence-electron chi connectivity index (χ4n) is 1.29. The van der Waals surface area contributed by atoms with Crippen molar-refractivity contribution in [1.82, 2.24) is 4.98 Å². The molecule has 0 aromatic carbocycles. The van der Waals surface area contributed by atoms with Gasteiger partial charge in [-0.2, -0.15) is 0 Å². The zero-order chi connectivity index (χ0) is 10.7. The van der Waals surface area contributed by atoms with Crippen LogP contribution < -0.4 is 5.32 Å². The monoisotopic (exact) mass is 206 g/mol. The van der Waals surface area contributed by atoms with E-state index < -0.39 is 5.97 Å². The molecule has 2 heterocycles. The summed E-state index contributed by atoms with van der Waals surface area (Å²) in [5.74, 6) is -0.232. The predicted molar refractivity (Wildman–Crippen MR) is 53.8 cm³/mol. The molecule has 0 saturated heterocycles. The van der Waals surface area contributed by atoms with Crippen LogP contribution in [-0.4, -0.2) is 16.1 Å². The summed E-state index contributed by atoms with van der Waals surface area (Å²) >= 11 is 0. The van der Waals surface area contributed by atoms with Crippen molar-refractivity contribution in [2.24, 2.45) is 0 Å². The molecule has 0 radical (unpaired) electrons. The quantitative estimate of drug-likeness (QED) is 0.714. The SMILES string of the molecule is O=C(O)c1occc1CNc1ccc[nH]1. The number of H-pyrrole nitrogens is 1. The van der Waals surface area contributed by atoms with Gasteiger partial charge in [-0.15, -0.1) is 0 Å². The van der Waals surface area contributed by atoms with E-state index in [1.165, 1.54) is 6.26 Å². The van der Waals surface area contributed by atoms with E-state index in [0.29, 0.717) is 12.1 Å². The molecule has 78 valence electrons. The molecule has 5 nitrogen and oxygen atoms in total. The highest BCUT2D eigenvalue weighted by Crippen LogP contribution is 2.12. The molecular formula is C10H10N2O3. The van der Waals surface area contributed by atoms with Crippen molar-refractivity contribution >= 4 is 11.8 Å². The van der Waals surface area contributed by atoms with Crippen LogP contribution in [0.25, 0.3) is 0 Å². The Hall–Kier alpha value is -2.17. The highest BCUT2D eigenvalue weighted by atomic mass is 16.4. The third kappa shape index (κ3) is 2.01. The molecule has 0 aliphatic carbocycles. The van der Waals surface area contributed by atoms with Gasteiger partial charge in [-0.3, -0.25) is 0 Å². The lowest BCUT2D eigenvalue weighted by Gasteiger charge is -2.01. The van der Waals surface area contributed by atoms with E-state index in [0.717, 1.165) is 5.82 Å². The molecular weight excluding hydrogens is 196 g/mol. The molecule has 15 heavy (non-hydrogen) atoms. The average molecular weight is 206 g/mol. The van der Waals surface area contributed by atoms with Gasteiger partial charge in [-0.25, -0.2) is 4.79 Å². The number of carbonyl (C=O) groups is 1. The van der Waals surface area contributed by atoms with Crippen molar-refractivity contribution in [3.8, 4) is 0 Å². The first-order chi connectivity index (χ1) is 7.27. The van der Waals surface area contributed by atoms with E-state index in [2.05, 4.69) is 10.3 Å². The highest BCUT2D eigenvalue weighted by molar-refractivity contribution is 5.86. The van der Waals surface area contributed by atoms with Crippen molar-refractivity contribution in [1.29, 1.82) is 0 Å². The smallest absolute Gasteiger partial charge is 0.372 e. The molecule has 0 unspecified atom stereocenters. The van der Waals surface area contributed by atoms with Gasteiger partial charge >= 0.3 is 5.97 Å². The molecule has 0 spiro atoms. The maximum absolute atomic E-state index is 10.7. The molecule has 3 N–H and O–H groups in total. The number of carboxylic acids is 1. The maximum Gasteiger partial charge on any atom is 0.372 e. The number of rotatable bonds is 4. The number of aromatic carboxylic acids is 1. The number of furan rings is 1. The average Bonchev–Trinajstić information content (AvgIpc) is 2.86. The van der Waals surface area contributed by atoms with Crippen LogP contribution in [0.3, 0.4) is 0 Å². The minimum atomic E-state index is -1.05. The Kier molecular flexibility index (Phi) is 2.45. The third-order valence-electron chi connectivity index (χ3n) is 2.01. The topological polar surface area (TPSA) is 78.3 Å². The molecule has 2 aromatic rings. The van der Waals surface area contributed by atoms with Gasteiger partial charge in [0, 0.05) is 18.3 Å². The second-order valence-electron chi connectivity index (χ2n) is 3.02. The van der Waals surface area contributed by atoms with Crippen LogP contribution >= 0.6 is 0 Å². The Bertz CT molecular complexity index is 445. The van der Waals surface area contributed by atoms with E-state index in [9.17, 15) is 4.79 Å². The lowest BCUT2D eigenvalue weighted by atomic mass is 10.2. The number of hydrogen-bond acceptors (Lipinski definition) is 3. The third-order valence-corrected chi connectivity index (χ3v) is 2.01. The fraction of sp³-hybridized carbons (Fsp3) is 0.100. The van der Waals surface area contributed by atoms with Crippen molar-refractivity contribution in [3.63, 3.8) is 0 Å². The normalized spacial score (nSPS) is 10.1. The summed E-state index contributed by atoms with van der Waals surface area (Å²) < 4.78 is 4.85. The molecule has 5 heteroatoms. The van der Waals surface area contributed by atoms with Gasteiger partial charge in [-0.1, -0.05) is 0 Å². The molecule has 2 aromatic heterocycles. The van der Waals surface area contributed by atoms with Gasteiger partial charge in [0.15, 0.2) is 0 Å². The number of hydrogen-bond donors (Lipinski definition) is 3. The minimum absolute atomic E-state index is 0.0194. The molecule has 0 saturated carbocycles. The summed E-state index contributed by atoms with van der Waals surface area (Å²) in [6.45, 7) is 0.415. The first-order valence-corrected chi connectivity index (χ1v) is 4.44. The van der Waals surface area contributed by atoms with Crippen LogP contribution in [0.2, 0.25) is 0 Å². The van der Waals surface area contributed by atoms with E-state index in [1.807, 2.05) is 12.1 Å². The Labute approximate surface area is 85.7 Å². The van der Waals surface area contributed by atoms with E-state index >= 15 is 0 Å². The zero-order valence-electron chi connectivity index (χ0n) is 7.86. The predicted octanol–water partition coefficient (Wildman–Crippen LogP) is 1.92. The number of anilines is 1. The van der Waals surface area contributed by atoms with Crippen LogP contribution in [0.4, 0.5) is 5.82 Å². The lowest BCUT2D eigenvalue weighted by Crippen LogP contribution is -2.04. The Balaban J connectivity index is 2.05. The summed E-state index contributed by atoms with van der Waals surface area (Å²) in [7, 11) is 0. The summed E-state index contributed by atoms with van der Waals surface area (Å²) in [5.41, 5.74) is 0.622. The number of aromatic amines is 1. The minimum Gasteiger partial charge on any atom is -0.475 e. The Morgan fingerprint density at radius 1 is 1.53 bits per heavy atom. The molecule has 0 aliphatic heterocycles. The van der Waals surface area contributed by atoms with Crippen LogP contribution in [-0.2, 0) is 6.54 Å². The number of carboxylic acid groups (broad SMARTS) is 1. The molecule has 0 bridgehead atoms. The molecule has 2 rings (SSSR count). The van der Waals surface area contributed by atoms with Gasteiger partial charge in [-0.05, 0) is 18.2 Å². The highest BCUT2D eigenvalue weighted by Gasteiger charge is 2.13. The second-order valence-corrected chi connectivity index (χ2v) is 3.02. The van der Waals surface area contributed by atoms with Crippen molar-refractivity contribution in [3.05, 3.63) is 42.0 Å². The number of nitrogens with one attached hydrogen (secondary N) is 2. The maximum atomic E-state index is 10.7. The van der Waals surface area contributed by atoms with E-state index in [-0.39, 0.29) is 5.76 Å². The molecule has 0 amide bonds. The lowest BCUT2D eigenvalue weighted by molar-refractivity contribution is 0.0661. The molecule has 0 fully saturated rings. The van der Waals surface area contributed by atoms with E-state index in [1.54, 1.807) is 12.3 Å². The molecule has 0 aliphatic rings. The first kappa shape index (κ1) is 9.39. The van der Waals surface area contributed by atoms with E-state index in [4.69, 9.17) is 9.52 Å². The zero-order valence-corrected chi connectivity index (χ0v) is 7.86. The standard InChI is InChI=1S/C10H10N2O3/c13-10(14)9-7(3-5-15-9)6-12-8-2-1-4-11-8/h1-5,11-12H,6H2,(H,13,14). The fourth-order valence-corrected chi connectivity index (χ4v) is 1.29. The van der Waals surface area contributed by atoms with Crippen LogP contribution in [0, 0.1) is 0 Å². The molecule has 0 atom stereocenters. The van der Waals surface area contributed by atoms with Gasteiger partial charge in [0.25, 0.3) is 0 Å². The van der Waals surface area contributed by atoms with Gasteiger partial charge in [0.1, 0.15) is 5.82 Å². The summed E-state index contributed by atoms with van der Waals surface area (Å²) in [6, 6.07) is 5.36.